The van der Waals surface area contributed by atoms with Gasteiger partial charge in [-0.25, -0.2) is 23.0 Å². The van der Waals surface area contributed by atoms with Crippen LogP contribution in [0.1, 0.15) is 0 Å². The van der Waals surface area contributed by atoms with E-state index in [2.05, 4.69) is 283 Å². The molecule has 0 aliphatic carbocycles. The molecule has 16 rings (SSSR count). The third-order valence-corrected chi connectivity index (χ3v) is 24.8. The van der Waals surface area contributed by atoms with Crippen molar-refractivity contribution in [3.8, 4) is 51.2 Å². The number of fused-ring (bicyclic) bond motifs is 3. The third kappa shape index (κ3) is 13.1. The van der Waals surface area contributed by atoms with Crippen LogP contribution in [-0.2, 0) is 19.5 Å². The maximum atomic E-state index is 15.0. The average Bonchev–Trinajstić information content (AvgIpc) is 1.07. The van der Waals surface area contributed by atoms with Crippen LogP contribution in [0.25, 0.3) is 84.3 Å². The molecule has 3 aromatic heterocycles. The topological polar surface area (TPSA) is 87.6 Å². The average molecular weight is 1450 g/mol. The van der Waals surface area contributed by atoms with Gasteiger partial charge in [0.05, 0.1) is 34.4 Å². The fourth-order valence-corrected chi connectivity index (χ4v) is 20.3. The number of nitrogens with zero attached hydrogens (tertiary/aromatic N) is 6. The molecule has 13 aromatic carbocycles. The van der Waals surface area contributed by atoms with Gasteiger partial charge in [-0.15, -0.1) is 6.05 Å². The highest BCUT2D eigenvalue weighted by atomic mass is 127. The molecule has 0 saturated heterocycles. The molecule has 1 atom stereocenters. The van der Waals surface area contributed by atoms with Crippen LogP contribution in [0.5, 0.6) is 0 Å². The largest absolute Gasteiger partial charge is 0.460 e. The van der Waals surface area contributed by atoms with Crippen LogP contribution < -0.4 is 36.7 Å². The first-order chi connectivity index (χ1) is 48.0. The Morgan fingerprint density at radius 3 is 0.875 bits per heavy atom. The van der Waals surface area contributed by atoms with Crippen molar-refractivity contribution in [3.05, 3.63) is 358 Å². The summed E-state index contributed by atoms with van der Waals surface area (Å²) in [5.41, 5.74) is 11.9. The lowest BCUT2D eigenvalue weighted by atomic mass is 10.0. The van der Waals surface area contributed by atoms with E-state index in [-0.39, 0.29) is 0 Å². The van der Waals surface area contributed by atoms with Crippen molar-refractivity contribution in [2.24, 2.45) is 0 Å². The molecule has 0 spiro atoms. The van der Waals surface area contributed by atoms with Crippen molar-refractivity contribution in [1.82, 2.24) is 28.7 Å². The molecular weight excluding hydrogens is 1380 g/mol. The summed E-state index contributed by atoms with van der Waals surface area (Å²) in [6, 6.07) is 123. The van der Waals surface area contributed by atoms with Crippen LogP contribution >= 0.6 is 43.2 Å². The van der Waals surface area contributed by atoms with E-state index in [1.54, 1.807) is 0 Å². The van der Waals surface area contributed by atoms with Gasteiger partial charge in [-0.2, -0.15) is 0 Å². The molecule has 16 aromatic rings. The van der Waals surface area contributed by atoms with Crippen molar-refractivity contribution in [3.63, 3.8) is 0 Å². The molecule has 15 heteroatoms. The molecule has 0 bridgehead atoms. The summed E-state index contributed by atoms with van der Waals surface area (Å²) in [5, 5.41) is 7.78. The Morgan fingerprint density at radius 1 is 0.375 bits per heavy atom. The molecule has 0 amide bonds. The van der Waals surface area contributed by atoms with E-state index in [9.17, 15) is 0 Å². The normalized spacial score (nSPS) is 11.9. The van der Waals surface area contributed by atoms with Gasteiger partial charge in [0.25, 0.3) is 0 Å². The lowest BCUT2D eigenvalue weighted by Crippen LogP contribution is -2.74. The molecular formula is C81H62BIN6O2P3SSi-. The van der Waals surface area contributed by atoms with E-state index in [0.717, 1.165) is 100 Å². The van der Waals surface area contributed by atoms with Crippen molar-refractivity contribution in [2.75, 3.05) is 0 Å². The minimum Gasteiger partial charge on any atom is -0.460 e. The molecule has 1 unspecified atom stereocenters. The Labute approximate surface area is 583 Å². The standard InChI is InChI=1S/C45H30N6.C36H29OPSi.BHIP.H2OPS/c1-4-16-34(17-5-1)49-40-25-13-10-22-37(40)46-43(49)31-28-32(44-47-38-23-11-14-26-41(38)50(44)35-18-6-2-7-19-35)30-33(29-31)45-48-39-24-12-15-27-42(39)51(45)36-20-8-3-9-21-36;37-38(30-16-6-1-7-17-30,31-18-8-2-9-19-31)32-26-28-36(29-27-32)39(33-20-10-3-11-21-33,34-22-12-4-13-23-34)35-24-14-5-15-25-35;2*1-3-2/h1-30H;1-29H;3H;2-3H/q;;;-1/i;;2*3T. The second kappa shape index (κ2) is 30.4. The Balaban J connectivity index is 0.000000164. The number of imidazole rings is 3. The Kier molecular flexibility index (Phi) is 19.8. The highest BCUT2D eigenvalue weighted by Gasteiger charge is 2.42. The Hall–Kier alpha value is -9.61. The van der Waals surface area contributed by atoms with E-state index in [1.807, 2.05) is 119 Å². The van der Waals surface area contributed by atoms with Crippen LogP contribution in [0.4, 0.5) is 0 Å². The molecule has 0 N–H and O–H groups in total. The van der Waals surface area contributed by atoms with Crippen LogP contribution in [0.2, 0.25) is 0 Å². The predicted molar refractivity (Wildman–Crippen MR) is 422 cm³/mol. The minimum absolute atomic E-state index is 0.843. The summed E-state index contributed by atoms with van der Waals surface area (Å²) in [6.45, 7) is 0. The summed E-state index contributed by atoms with van der Waals surface area (Å²) in [6.07, 6.45) is 0. The highest BCUT2D eigenvalue weighted by molar-refractivity contribution is 14.2. The van der Waals surface area contributed by atoms with Crippen molar-refractivity contribution < 1.29 is 8.77 Å². The first-order valence-electron chi connectivity index (χ1n) is 31.9. The van der Waals surface area contributed by atoms with E-state index >= 15 is 4.57 Å². The summed E-state index contributed by atoms with van der Waals surface area (Å²) in [5.74, 6) is 2.53. The molecule has 464 valence electrons. The van der Waals surface area contributed by atoms with Crippen LogP contribution in [0, 0.1) is 0 Å². The molecule has 0 aliphatic heterocycles. The number of rotatable bonds is 13. The van der Waals surface area contributed by atoms with E-state index in [0.29, 0.717) is 0 Å². The predicted octanol–water partition coefficient (Wildman–Crippen LogP) is 16.7. The number of hydrogen-bond acceptors (Lipinski definition) is 6. The van der Waals surface area contributed by atoms with Gasteiger partial charge in [0.15, 0.2) is 15.2 Å². The summed E-state index contributed by atoms with van der Waals surface area (Å²) in [4.78, 5) is 15.9. The monoisotopic (exact) mass is 1450 g/mol. The number of benzene rings is 13. The fourth-order valence-electron chi connectivity index (χ4n) is 12.9. The Bertz CT molecular complexity index is 5000. The minimum atomic E-state index is -3.05. The lowest BCUT2D eigenvalue weighted by Gasteiger charge is -2.34. The lowest BCUT2D eigenvalue weighted by molar-refractivity contribution is 0.592. The van der Waals surface area contributed by atoms with Gasteiger partial charge in [0, 0.05) is 49.7 Å². The third-order valence-electron chi connectivity index (χ3n) is 17.0. The fraction of sp³-hybridized carbons (Fsp3) is 0. The first-order valence-corrected chi connectivity index (χ1v) is 40.5. The number of hydrogen-bond donors (Lipinski definition) is 0. The van der Waals surface area contributed by atoms with Gasteiger partial charge >= 0.3 is 0 Å². The maximum Gasteiger partial charge on any atom is 0.179 e. The number of para-hydroxylation sites is 9. The van der Waals surface area contributed by atoms with Crippen molar-refractivity contribution in [2.45, 2.75) is 0 Å². The quantitative estimate of drug-likeness (QED) is 0.0287. The second-order valence-electron chi connectivity index (χ2n) is 22.4. The molecule has 8 nitrogen and oxygen atoms in total. The number of halogens is 1. The molecule has 0 aliphatic rings. The zero-order chi connectivity index (χ0) is 67.4. The first kappa shape index (κ1) is 62.5. The number of aromatic nitrogens is 6. The van der Waals surface area contributed by atoms with Crippen molar-refractivity contribution >= 4 is 139 Å². The summed E-state index contributed by atoms with van der Waals surface area (Å²) < 4.78 is 43.3. The Morgan fingerprint density at radius 2 is 0.594 bits per heavy atom. The van der Waals surface area contributed by atoms with Crippen LogP contribution in [-0.4, -0.2) is 46.7 Å². The molecule has 3 heterocycles. The number of thiol groups is 1. The van der Waals surface area contributed by atoms with Crippen LogP contribution in [0.15, 0.2) is 358 Å². The zero-order valence-electron chi connectivity index (χ0n) is 53.8. The van der Waals surface area contributed by atoms with Gasteiger partial charge in [0.1, 0.15) is 25.0 Å². The van der Waals surface area contributed by atoms with Gasteiger partial charge < -0.3 is 8.77 Å². The van der Waals surface area contributed by atoms with Gasteiger partial charge in [0.2, 0.25) is 0 Å². The van der Waals surface area contributed by atoms with E-state index in [1.165, 1.54) is 20.7 Å². The molecule has 0 fully saturated rings. The maximum absolute atomic E-state index is 15.0. The van der Waals surface area contributed by atoms with Gasteiger partial charge in [-0.1, -0.05) is 290 Å². The van der Waals surface area contributed by atoms with Crippen LogP contribution in [0.3, 0.4) is 0 Å². The van der Waals surface area contributed by atoms with E-state index in [4.69, 9.17) is 29.1 Å². The highest BCUT2D eigenvalue weighted by Crippen LogP contribution is 2.43. The molecule has 96 heavy (non-hydrogen) atoms. The molecule has 2 radical (unpaired) electrons. The van der Waals surface area contributed by atoms with Crippen molar-refractivity contribution in [1.29, 1.82) is 2.40 Å². The summed E-state index contributed by atoms with van der Waals surface area (Å²) >= 11 is 1.85. The second-order valence-corrected chi connectivity index (χ2v) is 31.6. The summed E-state index contributed by atoms with van der Waals surface area (Å²) in [7, 11) is 0.0451. The van der Waals surface area contributed by atoms with Gasteiger partial charge in [-0.3, -0.25) is 24.4 Å². The van der Waals surface area contributed by atoms with Gasteiger partial charge in [-0.05, 0) is 112 Å². The molecule has 0 saturated carbocycles. The van der Waals surface area contributed by atoms with E-state index < -0.39 is 32.0 Å². The zero-order valence-corrected chi connectivity index (χ0v) is 58.6. The SMILES string of the molecule is O=P(c1ccccc1)(c1ccccc1)c1ccc([Si](c2ccccc2)(c2ccccc2)c2ccccc2)cc1.[3H]P([B])I.[3H][S-](=O)=P.c1ccc(-n2c(-c3cc(-c4nc5ccccc5n4-c4ccccc4)cc(-c4nc5ccccc5n4-c4ccccc4)c3)nc3ccccc32)cc1. The smallest absolute Gasteiger partial charge is 0.179 e.